The van der Waals surface area contributed by atoms with Crippen molar-refractivity contribution in [3.8, 4) is 0 Å². The van der Waals surface area contributed by atoms with Gasteiger partial charge in [0.15, 0.2) is 23.3 Å². The summed E-state index contributed by atoms with van der Waals surface area (Å²) in [5.41, 5.74) is 5.60. The number of aromatic nitrogens is 13. The Hall–Kier alpha value is -10.4. The molecule has 3 aromatic carbocycles. The number of hydrogen-bond acceptors (Lipinski definition) is 33. The van der Waals surface area contributed by atoms with Crippen LogP contribution in [-0.4, -0.2) is 229 Å². The first-order valence-electron chi connectivity index (χ1n) is 43.3. The number of ketones is 4. The van der Waals surface area contributed by atoms with Crippen LogP contribution in [0.1, 0.15) is 136 Å². The number of furan rings is 1. The van der Waals surface area contributed by atoms with Crippen molar-refractivity contribution in [1.82, 2.24) is 63.4 Å². The summed E-state index contributed by atoms with van der Waals surface area (Å²) in [7, 11) is -15.2. The van der Waals surface area contributed by atoms with E-state index < -0.39 is 157 Å². The number of carbonyl (C=O) groups is 4. The summed E-state index contributed by atoms with van der Waals surface area (Å²) >= 11 is 15.1. The van der Waals surface area contributed by atoms with Crippen LogP contribution in [0, 0.1) is 45.0 Å². The summed E-state index contributed by atoms with van der Waals surface area (Å²) < 4.78 is 186. The van der Waals surface area contributed by atoms with Gasteiger partial charge in [-0.1, -0.05) is 57.9 Å². The van der Waals surface area contributed by atoms with E-state index in [0.29, 0.717) is 90.1 Å². The summed E-state index contributed by atoms with van der Waals surface area (Å²) in [6.07, 6.45) is 11.8. The maximum atomic E-state index is 14.8. The molecule has 0 unspecified atom stereocenters. The first-order valence-corrected chi connectivity index (χ1v) is 52.2. The van der Waals surface area contributed by atoms with E-state index >= 15 is 0 Å². The molecule has 4 aliphatic carbocycles. The van der Waals surface area contributed by atoms with Crippen molar-refractivity contribution in [2.45, 2.75) is 133 Å². The van der Waals surface area contributed by atoms with Gasteiger partial charge >= 0.3 is 41.2 Å². The number of nitrogens with two attached hydrogens (primary N) is 4. The van der Waals surface area contributed by atoms with Gasteiger partial charge < -0.3 is 53.9 Å². The smallest absolute Gasteiger partial charge is 0.333 e. The highest BCUT2D eigenvalue weighted by Crippen LogP contribution is 2.40. The summed E-state index contributed by atoms with van der Waals surface area (Å²) in [6, 6.07) is 28.7. The molecular formula is C89H95Br2ClF4IN19O22S4. The number of anilines is 2. The predicted molar refractivity (Wildman–Crippen MR) is 517 cm³/mol. The van der Waals surface area contributed by atoms with Crippen molar-refractivity contribution in [2.75, 3.05) is 44.2 Å². The molecule has 9 aromatic heterocycles. The fourth-order valence-electron chi connectivity index (χ4n) is 16.8. The molecule has 14 N–H and O–H groups in total. The average molecular weight is 2310 g/mol. The summed E-state index contributed by atoms with van der Waals surface area (Å²) in [6.45, 7) is 0.449. The number of carbonyl (C=O) groups excluding carboxylic acids is 4. The topological polar surface area (TPSA) is 609 Å². The van der Waals surface area contributed by atoms with Crippen molar-refractivity contribution < 1.29 is 117 Å². The lowest BCUT2D eigenvalue weighted by Gasteiger charge is -2.18. The lowest BCUT2D eigenvalue weighted by Crippen LogP contribution is -2.33. The molecule has 4 fully saturated rings. The number of hydrogen-bond donors (Lipinski definition) is 10. The van der Waals surface area contributed by atoms with Crippen LogP contribution >= 0.6 is 66.1 Å². The third-order valence-corrected chi connectivity index (χ3v) is 27.9. The molecule has 0 saturated heterocycles. The highest BCUT2D eigenvalue weighted by atomic mass is 127. The van der Waals surface area contributed by atoms with E-state index in [-0.39, 0.29) is 102 Å². The van der Waals surface area contributed by atoms with E-state index in [4.69, 9.17) is 41.3 Å². The van der Waals surface area contributed by atoms with Gasteiger partial charge in [-0.05, 0) is 179 Å². The van der Waals surface area contributed by atoms with Crippen molar-refractivity contribution in [2.24, 2.45) is 56.1 Å². The molecule has 4 saturated carbocycles. The first kappa shape index (κ1) is 109. The lowest BCUT2D eigenvalue weighted by molar-refractivity contribution is 0.0438. The molecule has 0 spiro atoms. The number of aliphatic hydroxyl groups excluding tert-OH is 4. The third kappa shape index (κ3) is 30.4. The number of ether oxygens (including phenoxy) is 1. The zero-order valence-electron chi connectivity index (χ0n) is 74.8. The summed E-state index contributed by atoms with van der Waals surface area (Å²) in [5.74, 6) is -4.22. The highest BCUT2D eigenvalue weighted by molar-refractivity contribution is 14.1. The van der Waals surface area contributed by atoms with Gasteiger partial charge in [-0.3, -0.25) is 40.6 Å². The Morgan fingerprint density at radius 1 is 0.507 bits per heavy atom. The van der Waals surface area contributed by atoms with Crippen LogP contribution < -0.4 is 31.2 Å². The molecule has 0 bridgehead atoms. The van der Waals surface area contributed by atoms with Crippen LogP contribution in [0.4, 0.5) is 29.2 Å². The van der Waals surface area contributed by atoms with Crippen molar-refractivity contribution in [3.05, 3.63) is 298 Å². The predicted octanol–water partition coefficient (Wildman–Crippen LogP) is 7.97. The molecule has 0 aliphatic heterocycles. The molecule has 0 amide bonds. The molecule has 758 valence electrons. The number of halogens is 8. The molecule has 15 atom stereocenters. The van der Waals surface area contributed by atoms with Gasteiger partial charge in [-0.2, -0.15) is 43.2 Å². The number of aliphatic hydroxyl groups is 4. The zero-order valence-corrected chi connectivity index (χ0v) is 84.1. The molecule has 16 rings (SSSR count). The van der Waals surface area contributed by atoms with Crippen LogP contribution in [-0.2, 0) is 108 Å². The molecule has 4 aliphatic rings. The maximum Gasteiger partial charge on any atom is 0.333 e. The number of alkyl halides is 3. The minimum absolute atomic E-state index is 0.00785. The Kier molecular flexibility index (Phi) is 37.2. The second kappa shape index (κ2) is 48.5. The quantitative estimate of drug-likeness (QED) is 0.00995. The third-order valence-electron chi connectivity index (χ3n) is 23.7. The van der Waals surface area contributed by atoms with Gasteiger partial charge in [0.1, 0.15) is 79.3 Å². The Bertz CT molecular complexity index is 6970. The summed E-state index contributed by atoms with van der Waals surface area (Å²) in [5, 5.41) is 70.8. The minimum atomic E-state index is -4.26. The Morgan fingerprint density at radius 3 is 1.54 bits per heavy atom. The molecule has 0 radical (unpaired) electrons. The van der Waals surface area contributed by atoms with E-state index in [0.717, 1.165) is 41.6 Å². The van der Waals surface area contributed by atoms with Crippen molar-refractivity contribution in [3.63, 3.8) is 0 Å². The van der Waals surface area contributed by atoms with Gasteiger partial charge in [-0.25, -0.2) is 73.6 Å². The van der Waals surface area contributed by atoms with Gasteiger partial charge in [0.25, 0.3) is 0 Å². The fraction of sp³-hybridized carbons (Fsp3) is 0.360. The standard InChI is InChI=1S/C23H24BrClN4O5S.C22H22BrF2N5O5S.C22H23FIN5O5S.C22H26FN5O7S/c24-19-6-14(1-2-20(19)25)10-29-4-3-16(11-29)23(31)18-9-27-13-28-21(18)7-15-5-17(22(30)8-15)12-34-35(26,32)33;23-15-3-1-2-12(4-15)8-30-9-13(6-18(30)24)20(31)16-7-27-11-28-22(16)29-17-5-14(21(32)19(17)25)10-35-36(26,33)34;23-20-14(7-15(21(20)30)11-34-35(25,32)33)8-19-17(9-26-12-27-19)22(31)18-4-5-29(28-18)10-13-2-1-3-16(24)6-13;1-33-11-16-3-2-15(35-16)9-28-5-4-13(8-28)20(29)17-7-25-12-26-22(17)27-18-6-14(21(30)19(18)23)10-34-36(24,31)32/h1-4,6,9,11,13,15,17,22,30H,5,7-8,10,12H2,(H2,26,32,33);1-4,6-7,9,11,14,17,19,21,32H,5,8,10H2,(H2,26,33,34)(H,27,28,29);1-6,9,12,14-15,20-21,30H,7-8,10-11H2,(H2,25,32,33);2-5,7-8,12,14,18-19,21,30H,6,9-11H2,1H3,(H2,24,31,32)(H,25,26,27)/t15-,17+,22-;14-,17-,19-,21-;14-,15+,20+,21+;14-,18-,19-,21-/m0101/s1. The SMILES string of the molecule is COCc1ccc(Cn2ccc(C(=O)c3cncnc3N[C@@H]3C[C@H](COS(N)(=O)=O)[C@@H](O)[C@@H]3F)c2)o1.NS(=O)(=O)OC[C@H]1C[C@@H](Cc2ncncc2C(=O)c2ccn(Cc3ccc(Cl)c(Br)c3)c2)C[C@@H]1O.NS(=O)(=O)OC[C@H]1C[C@@H](Cc2ncncc2C(=O)c2ccn(Cc3cccc(I)c3)n2)[C@@H](F)[C@@H]1O.NS(=O)(=O)OC[C@H]1C[C@@H](Nc2ncncc2C(=O)c2cc(F)n(Cc3cccc(Br)c3)c2)[C@@H](F)[C@@H]1O. The maximum absolute atomic E-state index is 14.8. The minimum Gasteiger partial charge on any atom is -0.462 e. The normalized spacial score (nSPS) is 21.7. The van der Waals surface area contributed by atoms with Crippen LogP contribution in [0.2, 0.25) is 5.02 Å². The summed E-state index contributed by atoms with van der Waals surface area (Å²) in [4.78, 5) is 85.2. The molecule has 12 aromatic rings. The van der Waals surface area contributed by atoms with Crippen LogP contribution in [0.25, 0.3) is 0 Å². The molecule has 53 heteroatoms. The molecule has 41 nitrogen and oxygen atoms in total. The Balaban J connectivity index is 0.000000159. The first-order chi connectivity index (χ1) is 67.3. The van der Waals surface area contributed by atoms with Crippen molar-refractivity contribution in [1.29, 1.82) is 0 Å². The number of methoxy groups -OCH3 is 1. The Labute approximate surface area is 846 Å². The molecule has 142 heavy (non-hydrogen) atoms. The average Bonchev–Trinajstić information content (AvgIpc) is 1.66. The Morgan fingerprint density at radius 2 is 0.993 bits per heavy atom. The second-order valence-corrected chi connectivity index (χ2v) is 42.2. The zero-order chi connectivity index (χ0) is 102. The van der Waals surface area contributed by atoms with E-state index in [9.17, 15) is 90.8 Å². The fourth-order valence-corrected chi connectivity index (χ4v) is 19.9. The second-order valence-electron chi connectivity index (χ2n) is 33.9. The van der Waals surface area contributed by atoms with Gasteiger partial charge in [0, 0.05) is 141 Å². The van der Waals surface area contributed by atoms with Gasteiger partial charge in [0.2, 0.25) is 5.78 Å². The van der Waals surface area contributed by atoms with Crippen molar-refractivity contribution >= 4 is 142 Å². The number of nitrogens with one attached hydrogen (secondary N) is 2. The largest absolute Gasteiger partial charge is 0.462 e. The van der Waals surface area contributed by atoms with E-state index in [1.165, 1.54) is 54.5 Å². The van der Waals surface area contributed by atoms with E-state index in [2.05, 4.69) is 127 Å². The van der Waals surface area contributed by atoms with Crippen LogP contribution in [0.15, 0.2) is 204 Å². The number of benzene rings is 3. The number of nitrogens with zero attached hydrogens (tertiary/aromatic N) is 13. The van der Waals surface area contributed by atoms with Gasteiger partial charge in [0.05, 0.1) is 115 Å². The van der Waals surface area contributed by atoms with Crippen LogP contribution in [0.3, 0.4) is 0 Å². The van der Waals surface area contributed by atoms with Gasteiger partial charge in [-0.15, -0.1) is 0 Å². The molecular weight excluding hydrogens is 2210 g/mol. The van der Waals surface area contributed by atoms with E-state index in [1.54, 1.807) is 59.3 Å². The molecule has 9 heterocycles. The van der Waals surface area contributed by atoms with Crippen LogP contribution in [0.5, 0.6) is 0 Å². The highest BCUT2D eigenvalue weighted by Gasteiger charge is 2.47. The number of rotatable bonds is 38. The monoisotopic (exact) mass is 2310 g/mol. The lowest BCUT2D eigenvalue weighted by atomic mass is 9.95. The van der Waals surface area contributed by atoms with E-state index in [1.807, 2.05) is 89.6 Å².